The number of urea groups is 1. The molecule has 1 aliphatic carbocycles. The van der Waals surface area contributed by atoms with Crippen LogP contribution in [0.25, 0.3) is 0 Å². The van der Waals surface area contributed by atoms with Crippen molar-refractivity contribution in [1.29, 1.82) is 0 Å². The van der Waals surface area contributed by atoms with E-state index in [-0.39, 0.29) is 18.9 Å². The van der Waals surface area contributed by atoms with Gasteiger partial charge in [0.15, 0.2) is 6.10 Å². The minimum absolute atomic E-state index is 0.0781. The minimum atomic E-state index is -1.05. The zero-order chi connectivity index (χ0) is 22.6. The predicted molar refractivity (Wildman–Crippen MR) is 113 cm³/mol. The highest BCUT2D eigenvalue weighted by molar-refractivity contribution is 6.07. The van der Waals surface area contributed by atoms with Crippen LogP contribution in [0.5, 0.6) is 5.75 Å². The molecular formula is C22H29N3O6. The molecule has 1 heterocycles. The molecule has 2 N–H and O–H groups in total. The number of hydrogen-bond donors (Lipinski definition) is 2. The molecule has 1 atom stereocenters. The third-order valence-electron chi connectivity index (χ3n) is 5.78. The summed E-state index contributed by atoms with van der Waals surface area (Å²) in [6, 6.07) is 4.87. The number of imide groups is 1. The summed E-state index contributed by atoms with van der Waals surface area (Å²) in [6.45, 7) is 3.26. The van der Waals surface area contributed by atoms with Crippen LogP contribution in [0.15, 0.2) is 18.2 Å². The topological polar surface area (TPSA) is 114 Å². The Morgan fingerprint density at radius 1 is 1.23 bits per heavy atom. The number of benzene rings is 1. The van der Waals surface area contributed by atoms with Crippen LogP contribution < -0.4 is 15.4 Å². The number of hydrogen-bond acceptors (Lipinski definition) is 6. The van der Waals surface area contributed by atoms with Crippen LogP contribution in [0.3, 0.4) is 0 Å². The van der Waals surface area contributed by atoms with Gasteiger partial charge in [0.25, 0.3) is 11.8 Å². The maximum atomic E-state index is 12.7. The Bertz CT molecular complexity index is 878. The van der Waals surface area contributed by atoms with E-state index in [9.17, 15) is 19.2 Å². The lowest BCUT2D eigenvalue weighted by atomic mass is 9.82. The molecule has 1 aliphatic heterocycles. The quantitative estimate of drug-likeness (QED) is 0.507. The lowest BCUT2D eigenvalue weighted by Gasteiger charge is -2.30. The summed E-state index contributed by atoms with van der Waals surface area (Å²) in [5, 5.41) is 5.49. The van der Waals surface area contributed by atoms with Gasteiger partial charge in [0, 0.05) is 6.54 Å². The number of rotatable bonds is 7. The van der Waals surface area contributed by atoms with Gasteiger partial charge in [0.2, 0.25) is 0 Å². The number of anilines is 1. The average molecular weight is 431 g/mol. The Morgan fingerprint density at radius 3 is 2.61 bits per heavy atom. The molecule has 0 radical (unpaired) electrons. The van der Waals surface area contributed by atoms with Crippen LogP contribution in [0.1, 0.15) is 51.0 Å². The molecule has 2 fully saturated rings. The first-order chi connectivity index (χ1) is 14.8. The lowest BCUT2D eigenvalue weighted by molar-refractivity contribution is -0.153. The first kappa shape index (κ1) is 22.6. The van der Waals surface area contributed by atoms with E-state index in [1.165, 1.54) is 14.0 Å². The summed E-state index contributed by atoms with van der Waals surface area (Å²) in [6.07, 6.45) is 2.84. The van der Waals surface area contributed by atoms with Crippen molar-refractivity contribution in [3.05, 3.63) is 23.8 Å². The van der Waals surface area contributed by atoms with Crippen LogP contribution in [0.4, 0.5) is 10.5 Å². The number of carbonyl (C=O) groups excluding carboxylic acids is 4. The zero-order valence-corrected chi connectivity index (χ0v) is 18.2. The van der Waals surface area contributed by atoms with Crippen molar-refractivity contribution in [2.75, 3.05) is 19.0 Å². The van der Waals surface area contributed by atoms with Crippen LogP contribution in [0.2, 0.25) is 0 Å². The number of amides is 4. The van der Waals surface area contributed by atoms with Crippen LogP contribution in [-0.2, 0) is 19.1 Å². The van der Waals surface area contributed by atoms with Crippen LogP contribution >= 0.6 is 0 Å². The molecule has 31 heavy (non-hydrogen) atoms. The molecule has 9 nitrogen and oxygen atoms in total. The zero-order valence-electron chi connectivity index (χ0n) is 18.2. The highest BCUT2D eigenvalue weighted by Gasteiger charge is 2.51. The van der Waals surface area contributed by atoms with E-state index < -0.39 is 29.6 Å². The molecule has 9 heteroatoms. The summed E-state index contributed by atoms with van der Waals surface area (Å²) < 4.78 is 10.4. The lowest BCUT2D eigenvalue weighted by Crippen LogP contribution is -2.48. The fourth-order valence-electron chi connectivity index (χ4n) is 4.04. The summed E-state index contributed by atoms with van der Waals surface area (Å²) in [5.41, 5.74) is 0.594. The van der Waals surface area contributed by atoms with Gasteiger partial charge in [0.1, 0.15) is 11.3 Å². The molecule has 3 rings (SSSR count). The SMILES string of the molecule is COc1ccc(C)cc1NC(=O)C(C)OC(=O)CCN1C(=O)NC2(CCCCC2)C1=O. The molecule has 1 saturated carbocycles. The molecule has 1 saturated heterocycles. The molecule has 168 valence electrons. The van der Waals surface area contributed by atoms with Crippen molar-refractivity contribution in [2.24, 2.45) is 0 Å². The molecule has 1 spiro atoms. The Labute approximate surface area is 181 Å². The normalized spacial score (nSPS) is 18.5. The molecule has 4 amide bonds. The van der Waals surface area contributed by atoms with E-state index in [4.69, 9.17) is 9.47 Å². The number of esters is 1. The highest BCUT2D eigenvalue weighted by atomic mass is 16.5. The monoisotopic (exact) mass is 431 g/mol. The number of nitrogens with zero attached hydrogens (tertiary/aromatic N) is 1. The average Bonchev–Trinajstić information content (AvgIpc) is 2.96. The second-order valence-electron chi connectivity index (χ2n) is 8.10. The fraction of sp³-hybridized carbons (Fsp3) is 0.545. The van der Waals surface area contributed by atoms with Gasteiger partial charge in [0.05, 0.1) is 19.2 Å². The fourth-order valence-corrected chi connectivity index (χ4v) is 4.04. The Kier molecular flexibility index (Phi) is 6.82. The Hall–Kier alpha value is -3.10. The third-order valence-corrected chi connectivity index (χ3v) is 5.78. The Morgan fingerprint density at radius 2 is 1.94 bits per heavy atom. The van der Waals surface area contributed by atoms with Crippen LogP contribution in [-0.4, -0.2) is 54.0 Å². The summed E-state index contributed by atoms with van der Waals surface area (Å²) in [4.78, 5) is 50.7. The van der Waals surface area contributed by atoms with E-state index in [0.29, 0.717) is 24.3 Å². The number of carbonyl (C=O) groups is 4. The van der Waals surface area contributed by atoms with Gasteiger partial charge < -0.3 is 20.1 Å². The largest absolute Gasteiger partial charge is 0.495 e. The summed E-state index contributed by atoms with van der Waals surface area (Å²) in [5.74, 6) is -0.951. The molecule has 1 aromatic rings. The summed E-state index contributed by atoms with van der Waals surface area (Å²) in [7, 11) is 1.50. The van der Waals surface area contributed by atoms with Gasteiger partial charge in [-0.2, -0.15) is 0 Å². The van der Waals surface area contributed by atoms with E-state index in [2.05, 4.69) is 10.6 Å². The summed E-state index contributed by atoms with van der Waals surface area (Å²) >= 11 is 0. The van der Waals surface area contributed by atoms with Gasteiger partial charge >= 0.3 is 12.0 Å². The third kappa shape index (κ3) is 4.98. The van der Waals surface area contributed by atoms with E-state index in [1.807, 2.05) is 13.0 Å². The van der Waals surface area contributed by atoms with Crippen molar-refractivity contribution >= 4 is 29.5 Å². The van der Waals surface area contributed by atoms with Gasteiger partial charge in [-0.25, -0.2) is 4.79 Å². The Balaban J connectivity index is 1.51. The predicted octanol–water partition coefficient (Wildman–Crippen LogP) is 2.52. The van der Waals surface area contributed by atoms with E-state index in [0.717, 1.165) is 29.7 Å². The minimum Gasteiger partial charge on any atom is -0.495 e. The van der Waals surface area contributed by atoms with Crippen molar-refractivity contribution in [3.8, 4) is 5.75 Å². The molecule has 0 bridgehead atoms. The highest BCUT2D eigenvalue weighted by Crippen LogP contribution is 2.33. The van der Waals surface area contributed by atoms with Crippen molar-refractivity contribution in [2.45, 2.75) is 64.0 Å². The molecule has 2 aliphatic rings. The van der Waals surface area contributed by atoms with Crippen LogP contribution in [0, 0.1) is 6.92 Å². The molecule has 1 unspecified atom stereocenters. The number of ether oxygens (including phenoxy) is 2. The van der Waals surface area contributed by atoms with E-state index >= 15 is 0 Å². The number of nitrogens with one attached hydrogen (secondary N) is 2. The van der Waals surface area contributed by atoms with Gasteiger partial charge in [-0.15, -0.1) is 0 Å². The van der Waals surface area contributed by atoms with Gasteiger partial charge in [-0.05, 0) is 44.4 Å². The van der Waals surface area contributed by atoms with Crippen molar-refractivity contribution in [1.82, 2.24) is 10.2 Å². The van der Waals surface area contributed by atoms with Gasteiger partial charge in [-0.3, -0.25) is 19.3 Å². The second-order valence-corrected chi connectivity index (χ2v) is 8.10. The molecule has 0 aromatic heterocycles. The smallest absolute Gasteiger partial charge is 0.325 e. The molecule has 1 aromatic carbocycles. The first-order valence-electron chi connectivity index (χ1n) is 10.5. The first-order valence-corrected chi connectivity index (χ1v) is 10.5. The van der Waals surface area contributed by atoms with Crippen molar-refractivity contribution < 1.29 is 28.7 Å². The maximum absolute atomic E-state index is 12.7. The van der Waals surface area contributed by atoms with Gasteiger partial charge in [-0.1, -0.05) is 25.3 Å². The van der Waals surface area contributed by atoms with Crippen molar-refractivity contribution in [3.63, 3.8) is 0 Å². The number of aryl methyl sites for hydroxylation is 1. The van der Waals surface area contributed by atoms with E-state index in [1.54, 1.807) is 12.1 Å². The standard InChI is InChI=1S/C22H29N3O6/c1-14-7-8-17(30-3)16(13-14)23-19(27)15(2)31-18(26)9-12-25-20(28)22(24-21(25)29)10-5-4-6-11-22/h7-8,13,15H,4-6,9-12H2,1-3H3,(H,23,27)(H,24,29). The molecular weight excluding hydrogens is 402 g/mol. The second kappa shape index (κ2) is 9.36. The number of methoxy groups -OCH3 is 1. The maximum Gasteiger partial charge on any atom is 0.325 e.